The molecule has 0 aliphatic rings. The molecule has 5 nitrogen and oxygen atoms in total. The maximum Gasteiger partial charge on any atom is 0.251 e. The normalized spacial score (nSPS) is 10.8. The number of hydrogen-bond acceptors (Lipinski definition) is 3. The van der Waals surface area contributed by atoms with Crippen LogP contribution < -0.4 is 5.56 Å². The number of carbonyl (C=O) groups excluding carboxylic acids is 1. The van der Waals surface area contributed by atoms with Crippen LogP contribution in [0.15, 0.2) is 53.6 Å². The Morgan fingerprint density at radius 1 is 1.15 bits per heavy atom. The molecule has 5 heteroatoms. The van der Waals surface area contributed by atoms with Crippen LogP contribution in [0.5, 0.6) is 0 Å². The lowest BCUT2D eigenvalue weighted by atomic mass is 10.1. The molecule has 0 saturated heterocycles. The number of aryl methyl sites for hydroxylation is 2. The summed E-state index contributed by atoms with van der Waals surface area (Å²) in [7, 11) is 1.80. The van der Waals surface area contributed by atoms with E-state index in [4.69, 9.17) is 0 Å². The molecule has 0 aliphatic carbocycles. The van der Waals surface area contributed by atoms with Gasteiger partial charge in [0.05, 0.1) is 5.52 Å². The third-order valence-electron chi connectivity index (χ3n) is 4.68. The van der Waals surface area contributed by atoms with Crippen molar-refractivity contribution in [2.75, 3.05) is 13.6 Å². The van der Waals surface area contributed by atoms with Gasteiger partial charge in [-0.1, -0.05) is 18.2 Å². The van der Waals surface area contributed by atoms with E-state index in [0.717, 1.165) is 28.5 Å². The minimum absolute atomic E-state index is 0.0443. The Labute approximate surface area is 152 Å². The number of aromatic amines is 1. The monoisotopic (exact) mass is 349 g/mol. The SMILES string of the molecule is Cc1cccc2cc(CCC(=O)N(C)CCc3ccncc3)c(=O)[nH]c12. The van der Waals surface area contributed by atoms with Crippen LogP contribution >= 0.6 is 0 Å². The maximum absolute atomic E-state index is 12.4. The lowest BCUT2D eigenvalue weighted by molar-refractivity contribution is -0.129. The number of benzene rings is 1. The van der Waals surface area contributed by atoms with Gasteiger partial charge >= 0.3 is 0 Å². The number of amides is 1. The van der Waals surface area contributed by atoms with Crippen LogP contribution in [0.4, 0.5) is 0 Å². The lowest BCUT2D eigenvalue weighted by Gasteiger charge is -2.17. The predicted octanol–water partition coefficient (Wildman–Crippen LogP) is 2.87. The van der Waals surface area contributed by atoms with E-state index in [9.17, 15) is 9.59 Å². The van der Waals surface area contributed by atoms with E-state index < -0.39 is 0 Å². The zero-order chi connectivity index (χ0) is 18.5. The molecular weight excluding hydrogens is 326 g/mol. The van der Waals surface area contributed by atoms with E-state index in [1.54, 1.807) is 24.3 Å². The molecule has 3 rings (SSSR count). The van der Waals surface area contributed by atoms with Gasteiger partial charge < -0.3 is 9.88 Å². The summed E-state index contributed by atoms with van der Waals surface area (Å²) in [5, 5.41) is 0.998. The molecule has 0 fully saturated rings. The molecule has 0 unspecified atom stereocenters. The number of fused-ring (bicyclic) bond motifs is 1. The number of nitrogens with zero attached hydrogens (tertiary/aromatic N) is 2. The molecule has 2 aromatic heterocycles. The van der Waals surface area contributed by atoms with Crippen molar-refractivity contribution in [3.8, 4) is 0 Å². The molecule has 0 bridgehead atoms. The minimum Gasteiger partial charge on any atom is -0.345 e. The van der Waals surface area contributed by atoms with Crippen LogP contribution in [0.2, 0.25) is 0 Å². The Hall–Kier alpha value is -2.95. The number of nitrogens with one attached hydrogen (secondary N) is 1. The second kappa shape index (κ2) is 7.95. The van der Waals surface area contributed by atoms with Gasteiger partial charge in [0, 0.05) is 38.0 Å². The number of carbonyl (C=O) groups is 1. The van der Waals surface area contributed by atoms with Crippen molar-refractivity contribution in [1.29, 1.82) is 0 Å². The summed E-state index contributed by atoms with van der Waals surface area (Å²) < 4.78 is 0. The first-order valence-corrected chi connectivity index (χ1v) is 8.79. The molecule has 0 aliphatic heterocycles. The van der Waals surface area contributed by atoms with Crippen LogP contribution in [0.25, 0.3) is 10.9 Å². The molecule has 26 heavy (non-hydrogen) atoms. The van der Waals surface area contributed by atoms with E-state index in [0.29, 0.717) is 24.9 Å². The van der Waals surface area contributed by atoms with E-state index in [2.05, 4.69) is 9.97 Å². The first kappa shape index (κ1) is 17.9. The Balaban J connectivity index is 1.61. The van der Waals surface area contributed by atoms with Crippen LogP contribution in [0.1, 0.15) is 23.1 Å². The topological polar surface area (TPSA) is 66.1 Å². The third-order valence-corrected chi connectivity index (χ3v) is 4.68. The molecule has 1 amide bonds. The molecule has 3 aromatic rings. The molecule has 1 N–H and O–H groups in total. The molecule has 0 atom stereocenters. The smallest absolute Gasteiger partial charge is 0.251 e. The number of H-pyrrole nitrogens is 1. The zero-order valence-corrected chi connectivity index (χ0v) is 15.2. The highest BCUT2D eigenvalue weighted by Gasteiger charge is 2.11. The Bertz CT molecular complexity index is 964. The van der Waals surface area contributed by atoms with Gasteiger partial charge in [0.1, 0.15) is 0 Å². The number of rotatable bonds is 6. The summed E-state index contributed by atoms with van der Waals surface area (Å²) in [5.41, 5.74) is 3.60. The minimum atomic E-state index is -0.112. The van der Waals surface area contributed by atoms with Gasteiger partial charge in [-0.15, -0.1) is 0 Å². The van der Waals surface area contributed by atoms with Crippen molar-refractivity contribution in [2.45, 2.75) is 26.2 Å². The van der Waals surface area contributed by atoms with Crippen molar-refractivity contribution >= 4 is 16.8 Å². The summed E-state index contributed by atoms with van der Waals surface area (Å²) in [6.07, 6.45) is 5.07. The van der Waals surface area contributed by atoms with Gasteiger partial charge in [0.2, 0.25) is 5.91 Å². The van der Waals surface area contributed by atoms with Gasteiger partial charge in [-0.05, 0) is 54.5 Å². The van der Waals surface area contributed by atoms with Crippen molar-refractivity contribution in [2.24, 2.45) is 0 Å². The Morgan fingerprint density at radius 2 is 1.92 bits per heavy atom. The average Bonchev–Trinajstić information content (AvgIpc) is 2.66. The van der Waals surface area contributed by atoms with E-state index >= 15 is 0 Å². The molecule has 0 radical (unpaired) electrons. The number of para-hydroxylation sites is 1. The number of pyridine rings is 2. The second-order valence-corrected chi connectivity index (χ2v) is 6.58. The van der Waals surface area contributed by atoms with E-state index in [1.807, 2.05) is 43.3 Å². The fraction of sp³-hybridized carbons (Fsp3) is 0.286. The molecule has 2 heterocycles. The average molecular weight is 349 g/mol. The standard InChI is InChI=1S/C21H23N3O2/c1-15-4-3-5-17-14-18(21(26)23-20(15)17)6-7-19(25)24(2)13-10-16-8-11-22-12-9-16/h3-5,8-9,11-12,14H,6-7,10,13H2,1-2H3,(H,23,26). The highest BCUT2D eigenvalue weighted by atomic mass is 16.2. The number of likely N-dealkylation sites (N-methyl/N-ethyl adjacent to an activating group) is 1. The van der Waals surface area contributed by atoms with Crippen LogP contribution in [-0.4, -0.2) is 34.4 Å². The van der Waals surface area contributed by atoms with Gasteiger partial charge in [-0.2, -0.15) is 0 Å². The maximum atomic E-state index is 12.4. The Morgan fingerprint density at radius 3 is 2.69 bits per heavy atom. The van der Waals surface area contributed by atoms with E-state index in [-0.39, 0.29) is 11.5 Å². The summed E-state index contributed by atoms with van der Waals surface area (Å²) in [4.78, 5) is 33.3. The van der Waals surface area contributed by atoms with Gasteiger partial charge in [0.25, 0.3) is 5.56 Å². The van der Waals surface area contributed by atoms with Crippen molar-refractivity contribution in [3.63, 3.8) is 0 Å². The third kappa shape index (κ3) is 4.17. The van der Waals surface area contributed by atoms with Crippen molar-refractivity contribution in [1.82, 2.24) is 14.9 Å². The molecule has 0 saturated carbocycles. The number of aromatic nitrogens is 2. The highest BCUT2D eigenvalue weighted by molar-refractivity contribution is 5.82. The van der Waals surface area contributed by atoms with Crippen LogP contribution in [0, 0.1) is 6.92 Å². The first-order valence-electron chi connectivity index (χ1n) is 8.79. The summed E-state index contributed by atoms with van der Waals surface area (Å²) in [5.74, 6) is 0.0443. The van der Waals surface area contributed by atoms with Crippen molar-refractivity contribution in [3.05, 3.63) is 75.8 Å². The molecule has 0 spiro atoms. The second-order valence-electron chi connectivity index (χ2n) is 6.58. The first-order chi connectivity index (χ1) is 12.5. The molecule has 134 valence electrons. The fourth-order valence-electron chi connectivity index (χ4n) is 3.02. The van der Waals surface area contributed by atoms with Gasteiger partial charge in [-0.25, -0.2) is 0 Å². The molecule has 1 aromatic carbocycles. The predicted molar refractivity (Wildman–Crippen MR) is 103 cm³/mol. The van der Waals surface area contributed by atoms with Gasteiger partial charge in [-0.3, -0.25) is 14.6 Å². The zero-order valence-electron chi connectivity index (χ0n) is 15.2. The summed E-state index contributed by atoms with van der Waals surface area (Å²) in [6, 6.07) is 11.7. The highest BCUT2D eigenvalue weighted by Crippen LogP contribution is 2.15. The van der Waals surface area contributed by atoms with Gasteiger partial charge in [0.15, 0.2) is 0 Å². The fourth-order valence-corrected chi connectivity index (χ4v) is 3.02. The van der Waals surface area contributed by atoms with E-state index in [1.165, 1.54) is 0 Å². The number of hydrogen-bond donors (Lipinski definition) is 1. The largest absolute Gasteiger partial charge is 0.345 e. The Kier molecular flexibility index (Phi) is 5.46. The van der Waals surface area contributed by atoms with Crippen LogP contribution in [0.3, 0.4) is 0 Å². The quantitative estimate of drug-likeness (QED) is 0.744. The summed E-state index contributed by atoms with van der Waals surface area (Å²) in [6.45, 7) is 2.62. The summed E-state index contributed by atoms with van der Waals surface area (Å²) >= 11 is 0. The molecular formula is C21H23N3O2. The van der Waals surface area contributed by atoms with Crippen molar-refractivity contribution < 1.29 is 4.79 Å². The van der Waals surface area contributed by atoms with Crippen LogP contribution in [-0.2, 0) is 17.6 Å². The lowest BCUT2D eigenvalue weighted by Crippen LogP contribution is -2.29.